The van der Waals surface area contributed by atoms with Gasteiger partial charge in [-0.05, 0) is 46.2 Å². The van der Waals surface area contributed by atoms with Crippen LogP contribution in [-0.2, 0) is 29.6 Å². The number of hydrogen-bond donors (Lipinski definition) is 2. The average molecular weight is 608 g/mol. The number of methoxy groups -OCH3 is 1. The maximum atomic E-state index is 13.5. The zero-order chi connectivity index (χ0) is 30.1. The van der Waals surface area contributed by atoms with Crippen LogP contribution in [0.25, 0.3) is 10.8 Å². The number of nitrogens with zero attached hydrogens (tertiary/aromatic N) is 1. The Hall–Kier alpha value is -4.26. The monoisotopic (exact) mass is 607 g/mol. The Bertz CT molecular complexity index is 1880. The van der Waals surface area contributed by atoms with Crippen molar-refractivity contribution in [2.45, 2.75) is 23.4 Å². The lowest BCUT2D eigenvalue weighted by Gasteiger charge is -2.33. The number of carbonyl (C=O) groups is 2. The Morgan fingerprint density at radius 3 is 2.36 bits per heavy atom. The molecule has 218 valence electrons. The standard InChI is InChI=1S/C30H29N3O7S2/c1-33-28-17-23(30(35)40-2)13-15-25(28)27(19-41(33,36)37)31-29(34)18-26(21-9-4-3-5-10-21)32-42(38,39)24-14-12-20-8-6-7-11-22(20)16-24/h3-17,26-27,32H,18-19H2,1-2H3,(H,31,34). The number of hydrogen-bond acceptors (Lipinski definition) is 7. The van der Waals surface area contributed by atoms with Crippen molar-refractivity contribution in [3.05, 3.63) is 108 Å². The van der Waals surface area contributed by atoms with E-state index in [9.17, 15) is 26.4 Å². The fourth-order valence-electron chi connectivity index (χ4n) is 4.98. The smallest absolute Gasteiger partial charge is 0.337 e. The van der Waals surface area contributed by atoms with Crippen LogP contribution >= 0.6 is 0 Å². The van der Waals surface area contributed by atoms with Gasteiger partial charge in [0, 0.05) is 13.5 Å². The van der Waals surface area contributed by atoms with E-state index in [0.717, 1.165) is 15.1 Å². The maximum Gasteiger partial charge on any atom is 0.337 e. The van der Waals surface area contributed by atoms with E-state index in [-0.39, 0.29) is 22.6 Å². The van der Waals surface area contributed by atoms with E-state index in [1.165, 1.54) is 32.4 Å². The first kappa shape index (κ1) is 29.2. The molecule has 0 saturated heterocycles. The molecule has 2 atom stereocenters. The van der Waals surface area contributed by atoms with Crippen molar-refractivity contribution in [3.63, 3.8) is 0 Å². The SMILES string of the molecule is COC(=O)c1ccc2c(c1)N(C)S(=O)(=O)CC2NC(=O)CC(NS(=O)(=O)c1ccc2ccccc2c1)c1ccccc1. The molecule has 0 spiro atoms. The zero-order valence-corrected chi connectivity index (χ0v) is 24.5. The molecule has 42 heavy (non-hydrogen) atoms. The van der Waals surface area contributed by atoms with Crippen molar-refractivity contribution in [3.8, 4) is 0 Å². The average Bonchev–Trinajstić information content (AvgIpc) is 2.98. The van der Waals surface area contributed by atoms with Crippen molar-refractivity contribution < 1.29 is 31.2 Å². The fourth-order valence-corrected chi connectivity index (χ4v) is 7.60. The molecule has 0 aromatic heterocycles. The van der Waals surface area contributed by atoms with Gasteiger partial charge in [0.25, 0.3) is 0 Å². The Morgan fingerprint density at radius 2 is 1.64 bits per heavy atom. The Morgan fingerprint density at radius 1 is 0.952 bits per heavy atom. The number of nitrogens with one attached hydrogen (secondary N) is 2. The number of ether oxygens (including phenoxy) is 1. The van der Waals surface area contributed by atoms with Gasteiger partial charge in [-0.25, -0.2) is 26.4 Å². The Kier molecular flexibility index (Phi) is 8.04. The highest BCUT2D eigenvalue weighted by molar-refractivity contribution is 7.92. The lowest BCUT2D eigenvalue weighted by atomic mass is 10.0. The molecule has 0 fully saturated rings. The summed E-state index contributed by atoms with van der Waals surface area (Å²) < 4.78 is 61.3. The van der Waals surface area contributed by atoms with Gasteiger partial charge < -0.3 is 10.1 Å². The molecule has 4 aromatic carbocycles. The normalized spacial score (nSPS) is 16.8. The molecule has 1 aliphatic rings. The van der Waals surface area contributed by atoms with E-state index in [1.54, 1.807) is 48.5 Å². The summed E-state index contributed by atoms with van der Waals surface area (Å²) >= 11 is 0. The number of carbonyl (C=O) groups excluding carboxylic acids is 2. The molecule has 5 rings (SSSR count). The highest BCUT2D eigenvalue weighted by atomic mass is 32.2. The van der Waals surface area contributed by atoms with Crippen LogP contribution < -0.4 is 14.3 Å². The second-order valence-corrected chi connectivity index (χ2v) is 13.7. The molecular weight excluding hydrogens is 578 g/mol. The summed E-state index contributed by atoms with van der Waals surface area (Å²) in [6.45, 7) is 0. The van der Waals surface area contributed by atoms with E-state index in [2.05, 4.69) is 10.0 Å². The van der Waals surface area contributed by atoms with E-state index in [1.807, 2.05) is 24.3 Å². The van der Waals surface area contributed by atoms with E-state index in [4.69, 9.17) is 4.74 Å². The molecule has 0 aliphatic carbocycles. The summed E-state index contributed by atoms with van der Waals surface area (Å²) in [6.07, 6.45) is -0.293. The number of fused-ring (bicyclic) bond motifs is 2. The molecule has 2 unspecified atom stereocenters. The van der Waals surface area contributed by atoms with Crippen molar-refractivity contribution in [1.29, 1.82) is 0 Å². The van der Waals surface area contributed by atoms with Gasteiger partial charge >= 0.3 is 5.97 Å². The van der Waals surface area contributed by atoms with Crippen molar-refractivity contribution >= 4 is 48.4 Å². The molecule has 12 heteroatoms. The molecule has 10 nitrogen and oxygen atoms in total. The number of sulfonamides is 2. The first-order chi connectivity index (χ1) is 20.0. The minimum absolute atomic E-state index is 0.0549. The lowest BCUT2D eigenvalue weighted by molar-refractivity contribution is -0.122. The number of rotatable bonds is 8. The zero-order valence-electron chi connectivity index (χ0n) is 22.9. The van der Waals surface area contributed by atoms with Gasteiger partial charge in [-0.3, -0.25) is 9.10 Å². The number of benzene rings is 4. The maximum absolute atomic E-state index is 13.5. The van der Waals surface area contributed by atoms with Crippen LogP contribution in [0, 0.1) is 0 Å². The molecule has 1 amide bonds. The summed E-state index contributed by atoms with van der Waals surface area (Å²) in [5, 5.41) is 4.42. The topological polar surface area (TPSA) is 139 Å². The van der Waals surface area contributed by atoms with Crippen LogP contribution in [0.2, 0.25) is 0 Å². The van der Waals surface area contributed by atoms with Crippen LogP contribution in [0.4, 0.5) is 5.69 Å². The summed E-state index contributed by atoms with van der Waals surface area (Å²) in [5.74, 6) is -1.59. The summed E-state index contributed by atoms with van der Waals surface area (Å²) in [6, 6.07) is 23.5. The summed E-state index contributed by atoms with van der Waals surface area (Å²) in [7, 11) is -5.27. The van der Waals surface area contributed by atoms with Gasteiger partial charge in [0.2, 0.25) is 26.0 Å². The Labute approximate surface area is 244 Å². The summed E-state index contributed by atoms with van der Waals surface area (Å²) in [5.41, 5.74) is 1.47. The highest BCUT2D eigenvalue weighted by Crippen LogP contribution is 2.35. The third-order valence-electron chi connectivity index (χ3n) is 7.22. The van der Waals surface area contributed by atoms with Crippen LogP contribution in [-0.4, -0.2) is 48.6 Å². The van der Waals surface area contributed by atoms with Crippen molar-refractivity contribution in [2.24, 2.45) is 0 Å². The van der Waals surface area contributed by atoms with E-state index < -0.39 is 49.8 Å². The molecule has 0 radical (unpaired) electrons. The van der Waals surface area contributed by atoms with Gasteiger partial charge in [0.05, 0.1) is 41.1 Å². The molecule has 4 aromatic rings. The second-order valence-electron chi connectivity index (χ2n) is 9.93. The van der Waals surface area contributed by atoms with Gasteiger partial charge in [0.15, 0.2) is 0 Å². The highest BCUT2D eigenvalue weighted by Gasteiger charge is 2.36. The third-order valence-corrected chi connectivity index (χ3v) is 10.5. The van der Waals surface area contributed by atoms with E-state index >= 15 is 0 Å². The van der Waals surface area contributed by atoms with Gasteiger partial charge in [-0.1, -0.05) is 66.7 Å². The fraction of sp³-hybridized carbons (Fsp3) is 0.200. The molecule has 1 aliphatic heterocycles. The predicted molar refractivity (Wildman–Crippen MR) is 159 cm³/mol. The lowest BCUT2D eigenvalue weighted by Crippen LogP contribution is -2.44. The first-order valence-electron chi connectivity index (χ1n) is 13.0. The first-order valence-corrected chi connectivity index (χ1v) is 16.1. The minimum atomic E-state index is -4.04. The van der Waals surface area contributed by atoms with Crippen molar-refractivity contribution in [1.82, 2.24) is 10.0 Å². The molecule has 2 N–H and O–H groups in total. The number of esters is 1. The van der Waals surface area contributed by atoms with Crippen LogP contribution in [0.15, 0.2) is 95.9 Å². The summed E-state index contributed by atoms with van der Waals surface area (Å²) in [4.78, 5) is 25.5. The molecule has 0 saturated carbocycles. The van der Waals surface area contributed by atoms with Gasteiger partial charge in [0.1, 0.15) is 0 Å². The largest absolute Gasteiger partial charge is 0.465 e. The number of anilines is 1. The predicted octanol–water partition coefficient (Wildman–Crippen LogP) is 3.67. The third kappa shape index (κ3) is 6.01. The second kappa shape index (κ2) is 11.6. The van der Waals surface area contributed by atoms with E-state index in [0.29, 0.717) is 11.1 Å². The Balaban J connectivity index is 1.41. The van der Waals surface area contributed by atoms with Crippen LogP contribution in [0.3, 0.4) is 0 Å². The van der Waals surface area contributed by atoms with Crippen LogP contribution in [0.1, 0.15) is 40.0 Å². The quantitative estimate of drug-likeness (QED) is 0.292. The molecule has 0 bridgehead atoms. The van der Waals surface area contributed by atoms with Gasteiger partial charge in [-0.2, -0.15) is 0 Å². The van der Waals surface area contributed by atoms with Crippen molar-refractivity contribution in [2.75, 3.05) is 24.2 Å². The molecule has 1 heterocycles. The molecular formula is C30H29N3O7S2. The minimum Gasteiger partial charge on any atom is -0.465 e. The number of amides is 1. The van der Waals surface area contributed by atoms with Gasteiger partial charge in [-0.15, -0.1) is 0 Å². The van der Waals surface area contributed by atoms with Crippen LogP contribution in [0.5, 0.6) is 0 Å².